The van der Waals surface area contributed by atoms with E-state index in [4.69, 9.17) is 4.42 Å². The first-order valence-electron chi connectivity index (χ1n) is 6.41. The highest BCUT2D eigenvalue weighted by Crippen LogP contribution is 2.16. The van der Waals surface area contributed by atoms with Crippen LogP contribution >= 0.6 is 0 Å². The van der Waals surface area contributed by atoms with Gasteiger partial charge in [0.25, 0.3) is 10.0 Å². The van der Waals surface area contributed by atoms with E-state index in [0.29, 0.717) is 25.3 Å². The zero-order valence-corrected chi connectivity index (χ0v) is 12.4. The molecule has 1 aliphatic rings. The van der Waals surface area contributed by atoms with Gasteiger partial charge in [0.15, 0.2) is 0 Å². The van der Waals surface area contributed by atoms with Gasteiger partial charge in [0.05, 0.1) is 6.54 Å². The molecule has 2 rings (SSSR count). The Kier molecular flexibility index (Phi) is 4.46. The molecule has 0 saturated carbocycles. The largest absolute Gasteiger partial charge is 0.447 e. The third-order valence-electron chi connectivity index (χ3n) is 3.15. The van der Waals surface area contributed by atoms with Gasteiger partial charge in [-0.3, -0.25) is 4.79 Å². The van der Waals surface area contributed by atoms with E-state index in [1.54, 1.807) is 6.07 Å². The lowest BCUT2D eigenvalue weighted by molar-refractivity contribution is -0.119. The van der Waals surface area contributed by atoms with Gasteiger partial charge in [-0.2, -0.15) is 0 Å². The van der Waals surface area contributed by atoms with Crippen LogP contribution in [0.3, 0.4) is 0 Å². The van der Waals surface area contributed by atoms with Crippen LogP contribution in [0, 0.1) is 0 Å². The molecule has 1 aromatic heterocycles. The van der Waals surface area contributed by atoms with Gasteiger partial charge in [-0.25, -0.2) is 12.7 Å². The molecule has 1 aromatic rings. The van der Waals surface area contributed by atoms with E-state index in [-0.39, 0.29) is 17.0 Å². The zero-order valence-electron chi connectivity index (χ0n) is 11.5. The van der Waals surface area contributed by atoms with Crippen molar-refractivity contribution >= 4 is 15.9 Å². The van der Waals surface area contributed by atoms with Gasteiger partial charge in [0.1, 0.15) is 5.76 Å². The van der Waals surface area contributed by atoms with Gasteiger partial charge >= 0.3 is 0 Å². The first-order chi connectivity index (χ1) is 9.39. The van der Waals surface area contributed by atoms with Crippen molar-refractivity contribution < 1.29 is 17.6 Å². The van der Waals surface area contributed by atoms with Crippen molar-refractivity contribution in [2.75, 3.05) is 20.6 Å². The molecule has 1 fully saturated rings. The maximum absolute atomic E-state index is 11.8. The Morgan fingerprint density at radius 3 is 2.80 bits per heavy atom. The van der Waals surface area contributed by atoms with Crippen molar-refractivity contribution in [1.29, 1.82) is 0 Å². The molecule has 20 heavy (non-hydrogen) atoms. The summed E-state index contributed by atoms with van der Waals surface area (Å²) in [6.45, 7) is 1.07. The van der Waals surface area contributed by atoms with Crippen LogP contribution in [0.2, 0.25) is 0 Å². The van der Waals surface area contributed by atoms with Crippen molar-refractivity contribution in [2.24, 2.45) is 0 Å². The molecular formula is C12H19N3O4S. The van der Waals surface area contributed by atoms with E-state index >= 15 is 0 Å². The van der Waals surface area contributed by atoms with Crippen molar-refractivity contribution in [1.82, 2.24) is 14.9 Å². The lowest BCUT2D eigenvalue weighted by Gasteiger charge is -2.10. The first kappa shape index (κ1) is 15.0. The fourth-order valence-corrected chi connectivity index (χ4v) is 2.78. The lowest BCUT2D eigenvalue weighted by atomic mass is 10.2. The fourth-order valence-electron chi connectivity index (χ4n) is 1.97. The molecular weight excluding hydrogens is 282 g/mol. The van der Waals surface area contributed by atoms with Crippen LogP contribution in [0.15, 0.2) is 21.6 Å². The number of amides is 1. The van der Waals surface area contributed by atoms with Crippen LogP contribution in [0.4, 0.5) is 0 Å². The van der Waals surface area contributed by atoms with Crippen LogP contribution in [-0.2, 0) is 21.4 Å². The molecule has 2 heterocycles. The predicted octanol–water partition coefficient (Wildman–Crippen LogP) is -0.102. The molecule has 0 aliphatic carbocycles. The molecule has 1 atom stereocenters. The SMILES string of the molecule is CN(C)S(=O)(=O)c1ccc(CNCC2CCC(=O)N2)o1. The minimum absolute atomic E-state index is 0.0616. The summed E-state index contributed by atoms with van der Waals surface area (Å²) in [5, 5.41) is 5.93. The Balaban J connectivity index is 1.86. The second kappa shape index (κ2) is 5.94. The van der Waals surface area contributed by atoms with Crippen LogP contribution < -0.4 is 10.6 Å². The molecule has 2 N–H and O–H groups in total. The Hall–Kier alpha value is -1.38. The van der Waals surface area contributed by atoms with E-state index in [1.165, 1.54) is 20.2 Å². The van der Waals surface area contributed by atoms with Crippen LogP contribution in [0.5, 0.6) is 0 Å². The summed E-state index contributed by atoms with van der Waals surface area (Å²) in [6, 6.07) is 3.22. The Morgan fingerprint density at radius 2 is 2.20 bits per heavy atom. The smallest absolute Gasteiger partial charge is 0.275 e. The number of sulfonamides is 1. The standard InChI is InChI=1S/C12H19N3O4S/c1-15(2)20(17,18)12-6-4-10(19-12)8-13-7-9-3-5-11(16)14-9/h4,6,9,13H,3,5,7-8H2,1-2H3,(H,14,16). The summed E-state index contributed by atoms with van der Waals surface area (Å²) in [4.78, 5) is 11.0. The van der Waals surface area contributed by atoms with Crippen LogP contribution in [-0.4, -0.2) is 45.3 Å². The molecule has 8 heteroatoms. The number of hydrogen-bond donors (Lipinski definition) is 2. The average molecular weight is 301 g/mol. The minimum Gasteiger partial charge on any atom is -0.447 e. The van der Waals surface area contributed by atoms with Crippen molar-refractivity contribution in [3.63, 3.8) is 0 Å². The van der Waals surface area contributed by atoms with E-state index in [1.807, 2.05) is 0 Å². The first-order valence-corrected chi connectivity index (χ1v) is 7.85. The predicted molar refractivity (Wildman–Crippen MR) is 72.5 cm³/mol. The average Bonchev–Trinajstić information content (AvgIpc) is 2.99. The van der Waals surface area contributed by atoms with Gasteiger partial charge in [-0.1, -0.05) is 0 Å². The molecule has 7 nitrogen and oxygen atoms in total. The molecule has 112 valence electrons. The van der Waals surface area contributed by atoms with Crippen LogP contribution in [0.25, 0.3) is 0 Å². The molecule has 0 aromatic carbocycles. The maximum Gasteiger partial charge on any atom is 0.275 e. The Labute approximate surface area is 118 Å². The van der Waals surface area contributed by atoms with Gasteiger partial charge in [-0.15, -0.1) is 0 Å². The number of carbonyl (C=O) groups is 1. The summed E-state index contributed by atoms with van der Waals surface area (Å²) in [7, 11) is -0.608. The molecule has 0 radical (unpaired) electrons. The third-order valence-corrected chi connectivity index (χ3v) is 4.84. The number of carbonyl (C=O) groups excluding carboxylic acids is 1. The van der Waals surface area contributed by atoms with Crippen molar-refractivity contribution in [3.05, 3.63) is 17.9 Å². The second-order valence-corrected chi connectivity index (χ2v) is 7.02. The topological polar surface area (TPSA) is 91.7 Å². The summed E-state index contributed by atoms with van der Waals surface area (Å²) < 4.78 is 30.1. The Bertz CT molecular complexity index is 579. The summed E-state index contributed by atoms with van der Waals surface area (Å²) in [5.74, 6) is 0.629. The van der Waals surface area contributed by atoms with Crippen LogP contribution in [0.1, 0.15) is 18.6 Å². The fraction of sp³-hybridized carbons (Fsp3) is 0.583. The second-order valence-electron chi connectivity index (χ2n) is 4.94. The number of nitrogens with zero attached hydrogens (tertiary/aromatic N) is 1. The van der Waals surface area contributed by atoms with E-state index < -0.39 is 10.0 Å². The van der Waals surface area contributed by atoms with E-state index in [2.05, 4.69) is 10.6 Å². The molecule has 0 bridgehead atoms. The van der Waals surface area contributed by atoms with E-state index in [9.17, 15) is 13.2 Å². The molecule has 1 unspecified atom stereocenters. The van der Waals surface area contributed by atoms with Crippen molar-refractivity contribution in [2.45, 2.75) is 30.5 Å². The summed E-state index contributed by atoms with van der Waals surface area (Å²) in [6.07, 6.45) is 1.39. The summed E-state index contributed by atoms with van der Waals surface area (Å²) >= 11 is 0. The Morgan fingerprint density at radius 1 is 1.45 bits per heavy atom. The third kappa shape index (κ3) is 3.38. The molecule has 1 aliphatic heterocycles. The van der Waals surface area contributed by atoms with Gasteiger partial charge in [0, 0.05) is 33.1 Å². The number of furan rings is 1. The molecule has 0 spiro atoms. The van der Waals surface area contributed by atoms with Gasteiger partial charge < -0.3 is 15.1 Å². The maximum atomic E-state index is 11.8. The van der Waals surface area contributed by atoms with Gasteiger partial charge in [0.2, 0.25) is 11.0 Å². The van der Waals surface area contributed by atoms with Crippen molar-refractivity contribution in [3.8, 4) is 0 Å². The highest BCUT2D eigenvalue weighted by atomic mass is 32.2. The number of hydrogen-bond acceptors (Lipinski definition) is 5. The highest BCUT2D eigenvalue weighted by molar-refractivity contribution is 7.88. The summed E-state index contributed by atoms with van der Waals surface area (Å²) in [5.41, 5.74) is 0. The number of rotatable bonds is 6. The number of nitrogens with one attached hydrogen (secondary N) is 2. The van der Waals surface area contributed by atoms with E-state index in [0.717, 1.165) is 10.7 Å². The van der Waals surface area contributed by atoms with Gasteiger partial charge in [-0.05, 0) is 18.6 Å². The normalized spacial score (nSPS) is 19.6. The highest BCUT2D eigenvalue weighted by Gasteiger charge is 2.22. The monoisotopic (exact) mass is 301 g/mol. The molecule has 1 saturated heterocycles. The quantitative estimate of drug-likeness (QED) is 0.765. The molecule has 1 amide bonds. The lowest BCUT2D eigenvalue weighted by Crippen LogP contribution is -2.35. The minimum atomic E-state index is -3.52. The zero-order chi connectivity index (χ0) is 14.8.